The van der Waals surface area contributed by atoms with Crippen molar-refractivity contribution < 1.29 is 29.3 Å². The van der Waals surface area contributed by atoms with Crippen LogP contribution in [0.25, 0.3) is 0 Å². The zero-order chi connectivity index (χ0) is 13.0. The Morgan fingerprint density at radius 3 is 1.81 bits per heavy atom. The highest BCUT2D eigenvalue weighted by molar-refractivity contribution is 5.92. The summed E-state index contributed by atoms with van der Waals surface area (Å²) in [5.74, 6) is -4.26. The maximum absolute atomic E-state index is 10.2. The van der Waals surface area contributed by atoms with Crippen LogP contribution in [0.2, 0.25) is 0 Å². The largest absolute Gasteiger partial charge is 0.481 e. The maximum Gasteiger partial charge on any atom is 0.317 e. The minimum Gasteiger partial charge on any atom is -0.481 e. The van der Waals surface area contributed by atoms with E-state index in [1.165, 1.54) is 0 Å². The summed E-state index contributed by atoms with van der Waals surface area (Å²) in [6.45, 7) is 5.67. The lowest BCUT2D eigenvalue weighted by molar-refractivity contribution is -0.154. The number of aliphatic carboxylic acids is 2. The number of hydrogen-bond donors (Lipinski definition) is 2. The molecule has 0 aliphatic rings. The average molecular weight is 234 g/mol. The van der Waals surface area contributed by atoms with Gasteiger partial charge in [-0.2, -0.15) is 0 Å². The lowest BCUT2D eigenvalue weighted by Gasteiger charge is -2.02. The quantitative estimate of drug-likeness (QED) is 0.499. The van der Waals surface area contributed by atoms with Gasteiger partial charge in [-0.05, 0) is 20.3 Å². The van der Waals surface area contributed by atoms with E-state index >= 15 is 0 Å². The van der Waals surface area contributed by atoms with Gasteiger partial charge in [0.15, 0.2) is 5.92 Å². The van der Waals surface area contributed by atoms with Gasteiger partial charge in [-0.1, -0.05) is 0 Å². The Labute approximate surface area is 94.2 Å². The predicted octanol–water partition coefficient (Wildman–Crippen LogP) is 0.794. The van der Waals surface area contributed by atoms with E-state index < -0.39 is 17.9 Å². The van der Waals surface area contributed by atoms with Crippen LogP contribution in [0.15, 0.2) is 0 Å². The van der Waals surface area contributed by atoms with Crippen molar-refractivity contribution in [2.45, 2.75) is 26.7 Å². The highest BCUT2D eigenvalue weighted by Gasteiger charge is 2.24. The Morgan fingerprint density at radius 2 is 1.62 bits per heavy atom. The second kappa shape index (κ2) is 11.6. The van der Waals surface area contributed by atoms with Crippen molar-refractivity contribution in [2.24, 2.45) is 5.92 Å². The molecule has 0 atom stereocenters. The average Bonchev–Trinajstić information content (AvgIpc) is 2.19. The van der Waals surface area contributed by atoms with Gasteiger partial charge in [0, 0.05) is 19.6 Å². The third-order valence-corrected chi connectivity index (χ3v) is 1.58. The van der Waals surface area contributed by atoms with Crippen LogP contribution in [-0.4, -0.2) is 41.7 Å². The Balaban J connectivity index is 0. The van der Waals surface area contributed by atoms with Crippen LogP contribution in [0.3, 0.4) is 0 Å². The molecule has 0 saturated heterocycles. The van der Waals surface area contributed by atoms with Gasteiger partial charge in [0.05, 0.1) is 0 Å². The molecule has 0 fully saturated rings. The first-order chi connectivity index (χ1) is 7.51. The van der Waals surface area contributed by atoms with Crippen LogP contribution in [0.1, 0.15) is 26.7 Å². The van der Waals surface area contributed by atoms with Crippen molar-refractivity contribution in [3.63, 3.8) is 0 Å². The van der Waals surface area contributed by atoms with Crippen molar-refractivity contribution in [3.05, 3.63) is 0 Å². The Morgan fingerprint density at radius 1 is 1.19 bits per heavy atom. The molecule has 6 heteroatoms. The summed E-state index contributed by atoms with van der Waals surface area (Å²) in [5, 5.41) is 16.5. The molecule has 2 N–H and O–H groups in total. The molecule has 0 saturated carbocycles. The summed E-state index contributed by atoms with van der Waals surface area (Å²) in [5.41, 5.74) is 0. The fourth-order valence-electron chi connectivity index (χ4n) is 0.791. The lowest BCUT2D eigenvalue weighted by Crippen LogP contribution is -2.23. The van der Waals surface area contributed by atoms with Crippen molar-refractivity contribution in [2.75, 3.05) is 13.2 Å². The molecular formula is C10H18O6. The molecule has 94 valence electrons. The molecule has 0 rings (SSSR count). The number of carbonyl (C=O) groups excluding carboxylic acids is 1. The summed E-state index contributed by atoms with van der Waals surface area (Å²) in [6, 6.07) is 0. The van der Waals surface area contributed by atoms with Gasteiger partial charge in [0.25, 0.3) is 0 Å². The van der Waals surface area contributed by atoms with Crippen LogP contribution in [0.5, 0.6) is 0 Å². The number of hydrogen-bond acceptors (Lipinski definition) is 4. The molecule has 0 spiro atoms. The summed E-state index contributed by atoms with van der Waals surface area (Å²) >= 11 is 0. The standard InChI is InChI=1S/C6H8O5.C4H10O/c7-3-1-2-4(5(8)9)6(10)11;1-3-5-4-2/h3-4H,1-2H2,(H,8,9)(H,10,11);3-4H2,1-2H3. The Bertz CT molecular complexity index is 197. The molecule has 0 radical (unpaired) electrons. The third kappa shape index (κ3) is 10.6. The smallest absolute Gasteiger partial charge is 0.317 e. The third-order valence-electron chi connectivity index (χ3n) is 1.58. The number of carbonyl (C=O) groups is 3. The molecule has 0 aromatic carbocycles. The fraction of sp³-hybridized carbons (Fsp3) is 0.700. The Kier molecular flexibility index (Phi) is 12.4. The predicted molar refractivity (Wildman–Crippen MR) is 56.2 cm³/mol. The number of carboxylic acids is 2. The monoisotopic (exact) mass is 234 g/mol. The van der Waals surface area contributed by atoms with Crippen LogP contribution in [-0.2, 0) is 19.1 Å². The molecule has 6 nitrogen and oxygen atoms in total. The molecule has 0 heterocycles. The number of ether oxygens (including phenoxy) is 1. The van der Waals surface area contributed by atoms with Gasteiger partial charge >= 0.3 is 11.9 Å². The van der Waals surface area contributed by atoms with Crippen LogP contribution >= 0.6 is 0 Å². The van der Waals surface area contributed by atoms with E-state index in [0.29, 0.717) is 6.29 Å². The fourth-order valence-corrected chi connectivity index (χ4v) is 0.791. The first-order valence-corrected chi connectivity index (χ1v) is 4.98. The zero-order valence-electron chi connectivity index (χ0n) is 9.51. The first kappa shape index (κ1) is 17.0. The van der Waals surface area contributed by atoms with Crippen LogP contribution < -0.4 is 0 Å². The van der Waals surface area contributed by atoms with E-state index in [2.05, 4.69) is 0 Å². The van der Waals surface area contributed by atoms with E-state index in [9.17, 15) is 14.4 Å². The second-order valence-electron chi connectivity index (χ2n) is 2.75. The Hall–Kier alpha value is -1.43. The first-order valence-electron chi connectivity index (χ1n) is 4.98. The number of carboxylic acid groups (broad SMARTS) is 2. The maximum atomic E-state index is 10.2. The highest BCUT2D eigenvalue weighted by atomic mass is 16.5. The molecule has 0 unspecified atom stereocenters. The van der Waals surface area contributed by atoms with E-state index in [1.54, 1.807) is 0 Å². The van der Waals surface area contributed by atoms with Gasteiger partial charge in [-0.3, -0.25) is 9.59 Å². The van der Waals surface area contributed by atoms with E-state index in [0.717, 1.165) is 13.2 Å². The van der Waals surface area contributed by atoms with E-state index in [-0.39, 0.29) is 12.8 Å². The van der Waals surface area contributed by atoms with Crippen molar-refractivity contribution >= 4 is 18.2 Å². The van der Waals surface area contributed by atoms with Gasteiger partial charge in [0.2, 0.25) is 0 Å². The minimum absolute atomic E-state index is 0.0384. The molecule has 0 amide bonds. The second-order valence-corrected chi connectivity index (χ2v) is 2.75. The van der Waals surface area contributed by atoms with Crippen LogP contribution in [0, 0.1) is 5.92 Å². The SMILES string of the molecule is CCOCC.O=CCCC(C(=O)O)C(=O)O. The summed E-state index contributed by atoms with van der Waals surface area (Å²) in [6.07, 6.45) is 0.316. The van der Waals surface area contributed by atoms with E-state index in [4.69, 9.17) is 14.9 Å². The van der Waals surface area contributed by atoms with Crippen molar-refractivity contribution in [1.29, 1.82) is 0 Å². The summed E-state index contributed by atoms with van der Waals surface area (Å²) < 4.78 is 4.83. The highest BCUT2D eigenvalue weighted by Crippen LogP contribution is 2.05. The van der Waals surface area contributed by atoms with E-state index in [1.807, 2.05) is 13.8 Å². The molecule has 0 aliphatic carbocycles. The molecule has 16 heavy (non-hydrogen) atoms. The molecule has 0 aromatic heterocycles. The molecule has 0 bridgehead atoms. The van der Waals surface area contributed by atoms with Crippen molar-refractivity contribution in [1.82, 2.24) is 0 Å². The molecular weight excluding hydrogens is 216 g/mol. The summed E-state index contributed by atoms with van der Waals surface area (Å²) in [7, 11) is 0. The number of aldehydes is 1. The van der Waals surface area contributed by atoms with Crippen LogP contribution in [0.4, 0.5) is 0 Å². The van der Waals surface area contributed by atoms with Crippen molar-refractivity contribution in [3.8, 4) is 0 Å². The minimum atomic E-state index is -1.46. The van der Waals surface area contributed by atoms with Gasteiger partial charge < -0.3 is 19.7 Å². The van der Waals surface area contributed by atoms with Gasteiger partial charge in [-0.15, -0.1) is 0 Å². The topological polar surface area (TPSA) is 101 Å². The molecule has 0 aliphatic heterocycles. The number of rotatable bonds is 7. The zero-order valence-corrected chi connectivity index (χ0v) is 9.51. The normalized spacial score (nSPS) is 9.19. The lowest BCUT2D eigenvalue weighted by atomic mass is 10.1. The molecule has 0 aromatic rings. The summed E-state index contributed by atoms with van der Waals surface area (Å²) in [4.78, 5) is 30.1. The van der Waals surface area contributed by atoms with Gasteiger partial charge in [0.1, 0.15) is 6.29 Å². The van der Waals surface area contributed by atoms with Gasteiger partial charge in [-0.25, -0.2) is 0 Å².